The van der Waals surface area contributed by atoms with Gasteiger partial charge in [0.25, 0.3) is 0 Å². The molecule has 0 radical (unpaired) electrons. The number of benzene rings is 1. The minimum absolute atomic E-state index is 0.145. The highest BCUT2D eigenvalue weighted by atomic mass is 16.3. The number of anilines is 1. The molecular formula is C15H22N2O2. The Morgan fingerprint density at radius 2 is 2.05 bits per heavy atom. The van der Waals surface area contributed by atoms with Crippen molar-refractivity contribution in [2.24, 2.45) is 11.8 Å². The van der Waals surface area contributed by atoms with Gasteiger partial charge in [0.05, 0.1) is 12.2 Å². The molecule has 0 aromatic heterocycles. The Morgan fingerprint density at radius 3 is 2.79 bits per heavy atom. The van der Waals surface area contributed by atoms with Crippen molar-refractivity contribution in [3.05, 3.63) is 29.8 Å². The average molecular weight is 262 g/mol. The zero-order valence-corrected chi connectivity index (χ0v) is 11.1. The van der Waals surface area contributed by atoms with E-state index in [-0.39, 0.29) is 6.10 Å². The summed E-state index contributed by atoms with van der Waals surface area (Å²) < 4.78 is 0. The van der Waals surface area contributed by atoms with Gasteiger partial charge in [0.1, 0.15) is 0 Å². The predicted octanol–water partition coefficient (Wildman–Crippen LogP) is 1.00. The van der Waals surface area contributed by atoms with Gasteiger partial charge in [-0.2, -0.15) is 0 Å². The summed E-state index contributed by atoms with van der Waals surface area (Å²) in [5.41, 5.74) is 7.34. The second-order valence-corrected chi connectivity index (χ2v) is 5.93. The van der Waals surface area contributed by atoms with Crippen LogP contribution in [0.15, 0.2) is 24.3 Å². The topological polar surface area (TPSA) is 69.7 Å². The summed E-state index contributed by atoms with van der Waals surface area (Å²) in [5, 5.41) is 20.2. The lowest BCUT2D eigenvalue weighted by Gasteiger charge is -2.22. The maximum Gasteiger partial charge on any atom is 0.0936 e. The number of β-amino-alcohol motifs (C(OH)–C–C–N with tert-alkyl or cyclic N) is 1. The maximum absolute atomic E-state index is 10.3. The number of likely N-dealkylation sites (tertiary alicyclic amines) is 1. The third-order valence-corrected chi connectivity index (χ3v) is 4.68. The summed E-state index contributed by atoms with van der Waals surface area (Å²) in [4.78, 5) is 2.26. The van der Waals surface area contributed by atoms with Crippen LogP contribution in [-0.4, -0.2) is 40.9 Å². The fraction of sp³-hybridized carbons (Fsp3) is 0.600. The van der Waals surface area contributed by atoms with Crippen LogP contribution < -0.4 is 5.73 Å². The lowest BCUT2D eigenvalue weighted by Crippen LogP contribution is -2.29. The minimum Gasteiger partial charge on any atom is -0.398 e. The van der Waals surface area contributed by atoms with Crippen LogP contribution in [0.2, 0.25) is 0 Å². The molecule has 1 aromatic rings. The Morgan fingerprint density at radius 1 is 1.26 bits per heavy atom. The number of hydrogen-bond donors (Lipinski definition) is 3. The van der Waals surface area contributed by atoms with Gasteiger partial charge in [0.2, 0.25) is 0 Å². The standard InChI is InChI=1S/C15H22N2O2/c16-13-4-2-1-3-11(13)15(19)9-17-7-10-5-6-14(18)12(10)8-17/h1-4,10,12,14-15,18-19H,5-9,16H2. The van der Waals surface area contributed by atoms with E-state index in [0.717, 1.165) is 31.5 Å². The highest BCUT2D eigenvalue weighted by Gasteiger charge is 2.42. The Balaban J connectivity index is 1.62. The summed E-state index contributed by atoms with van der Waals surface area (Å²) in [6, 6.07) is 7.48. The molecule has 1 saturated carbocycles. The number of para-hydroxylation sites is 1. The Labute approximate surface area is 113 Å². The molecule has 4 N–H and O–H groups in total. The molecule has 2 aliphatic rings. The van der Waals surface area contributed by atoms with E-state index >= 15 is 0 Å². The summed E-state index contributed by atoms with van der Waals surface area (Å²) in [6.07, 6.45) is 1.37. The Hall–Kier alpha value is -1.10. The largest absolute Gasteiger partial charge is 0.398 e. The number of aliphatic hydroxyl groups excluding tert-OH is 2. The molecule has 19 heavy (non-hydrogen) atoms. The van der Waals surface area contributed by atoms with Gasteiger partial charge in [-0.25, -0.2) is 0 Å². The second kappa shape index (κ2) is 5.12. The van der Waals surface area contributed by atoms with Crippen LogP contribution in [0.3, 0.4) is 0 Å². The van der Waals surface area contributed by atoms with Crippen LogP contribution in [0.5, 0.6) is 0 Å². The molecule has 1 saturated heterocycles. The fourth-order valence-electron chi connectivity index (χ4n) is 3.64. The van der Waals surface area contributed by atoms with Crippen LogP contribution in [0.25, 0.3) is 0 Å². The van der Waals surface area contributed by atoms with Crippen molar-refractivity contribution in [1.29, 1.82) is 0 Å². The molecule has 3 rings (SSSR count). The van der Waals surface area contributed by atoms with Crippen LogP contribution in [0, 0.1) is 11.8 Å². The van der Waals surface area contributed by atoms with Crippen molar-refractivity contribution >= 4 is 5.69 Å². The van der Waals surface area contributed by atoms with Gasteiger partial charge in [-0.05, 0) is 24.8 Å². The van der Waals surface area contributed by atoms with Crippen molar-refractivity contribution < 1.29 is 10.2 Å². The number of nitrogens with two attached hydrogens (primary N) is 1. The summed E-state index contributed by atoms with van der Waals surface area (Å²) >= 11 is 0. The zero-order valence-electron chi connectivity index (χ0n) is 11.1. The minimum atomic E-state index is -0.544. The molecule has 1 heterocycles. The average Bonchev–Trinajstić information content (AvgIpc) is 2.92. The Bertz CT molecular complexity index is 452. The van der Waals surface area contributed by atoms with E-state index in [9.17, 15) is 10.2 Å². The first-order valence-corrected chi connectivity index (χ1v) is 7.08. The first-order valence-electron chi connectivity index (χ1n) is 7.08. The third-order valence-electron chi connectivity index (χ3n) is 4.68. The normalized spacial score (nSPS) is 32.4. The summed E-state index contributed by atoms with van der Waals surface area (Å²) in [5.74, 6) is 1.01. The number of nitrogen functional groups attached to an aromatic ring is 1. The van der Waals surface area contributed by atoms with E-state index in [2.05, 4.69) is 4.90 Å². The van der Waals surface area contributed by atoms with Gasteiger partial charge in [0, 0.05) is 36.8 Å². The van der Waals surface area contributed by atoms with E-state index in [1.807, 2.05) is 24.3 Å². The smallest absolute Gasteiger partial charge is 0.0936 e. The maximum atomic E-state index is 10.3. The van der Waals surface area contributed by atoms with Crippen molar-refractivity contribution in [3.63, 3.8) is 0 Å². The van der Waals surface area contributed by atoms with Crippen molar-refractivity contribution in [2.45, 2.75) is 25.0 Å². The van der Waals surface area contributed by atoms with E-state index < -0.39 is 6.10 Å². The number of rotatable bonds is 3. The fourth-order valence-corrected chi connectivity index (χ4v) is 3.64. The van der Waals surface area contributed by atoms with E-state index in [0.29, 0.717) is 24.1 Å². The molecule has 104 valence electrons. The molecule has 4 unspecified atom stereocenters. The molecule has 4 heteroatoms. The van der Waals surface area contributed by atoms with Crippen LogP contribution in [0.1, 0.15) is 24.5 Å². The van der Waals surface area contributed by atoms with Crippen molar-refractivity contribution in [1.82, 2.24) is 4.90 Å². The summed E-state index contributed by atoms with van der Waals surface area (Å²) in [7, 11) is 0. The SMILES string of the molecule is Nc1ccccc1C(O)CN1CC2CCC(O)C2C1. The summed E-state index contributed by atoms with van der Waals surface area (Å²) in [6.45, 7) is 2.50. The van der Waals surface area contributed by atoms with E-state index in [1.165, 1.54) is 0 Å². The molecule has 1 aliphatic carbocycles. The van der Waals surface area contributed by atoms with Gasteiger partial charge in [0.15, 0.2) is 0 Å². The number of nitrogens with zero attached hydrogens (tertiary/aromatic N) is 1. The van der Waals surface area contributed by atoms with Gasteiger partial charge in [-0.3, -0.25) is 4.90 Å². The molecule has 0 amide bonds. The van der Waals surface area contributed by atoms with Crippen molar-refractivity contribution in [3.8, 4) is 0 Å². The second-order valence-electron chi connectivity index (χ2n) is 5.93. The zero-order chi connectivity index (χ0) is 13.4. The molecule has 4 atom stereocenters. The van der Waals surface area contributed by atoms with Gasteiger partial charge >= 0.3 is 0 Å². The predicted molar refractivity (Wildman–Crippen MR) is 74.5 cm³/mol. The molecular weight excluding hydrogens is 240 g/mol. The van der Waals surface area contributed by atoms with Gasteiger partial charge in [-0.15, -0.1) is 0 Å². The van der Waals surface area contributed by atoms with Crippen LogP contribution in [-0.2, 0) is 0 Å². The van der Waals surface area contributed by atoms with Crippen molar-refractivity contribution in [2.75, 3.05) is 25.4 Å². The molecule has 1 aliphatic heterocycles. The van der Waals surface area contributed by atoms with Crippen LogP contribution >= 0.6 is 0 Å². The highest BCUT2D eigenvalue weighted by molar-refractivity contribution is 5.47. The lowest BCUT2D eigenvalue weighted by molar-refractivity contribution is 0.101. The molecule has 0 spiro atoms. The Kier molecular flexibility index (Phi) is 3.48. The number of hydrogen-bond acceptors (Lipinski definition) is 4. The molecule has 4 nitrogen and oxygen atoms in total. The number of fused-ring (bicyclic) bond motifs is 1. The first kappa shape index (κ1) is 12.9. The molecule has 1 aromatic carbocycles. The molecule has 0 bridgehead atoms. The first-order chi connectivity index (χ1) is 9.15. The lowest BCUT2D eigenvalue weighted by atomic mass is 10.00. The van der Waals surface area contributed by atoms with E-state index in [4.69, 9.17) is 5.73 Å². The number of aliphatic hydroxyl groups is 2. The van der Waals surface area contributed by atoms with Gasteiger partial charge < -0.3 is 15.9 Å². The monoisotopic (exact) mass is 262 g/mol. The molecule has 2 fully saturated rings. The quantitative estimate of drug-likeness (QED) is 0.711. The van der Waals surface area contributed by atoms with Gasteiger partial charge in [-0.1, -0.05) is 18.2 Å². The highest BCUT2D eigenvalue weighted by Crippen LogP contribution is 2.38. The van der Waals surface area contributed by atoms with E-state index in [1.54, 1.807) is 0 Å². The third kappa shape index (κ3) is 2.48. The van der Waals surface area contributed by atoms with Crippen LogP contribution in [0.4, 0.5) is 5.69 Å².